The zero-order valence-electron chi connectivity index (χ0n) is 10.8. The van der Waals surface area contributed by atoms with Crippen LogP contribution in [0.1, 0.15) is 18.5 Å². The van der Waals surface area contributed by atoms with Crippen molar-refractivity contribution in [3.05, 3.63) is 52.8 Å². The van der Waals surface area contributed by atoms with Gasteiger partial charge in [-0.1, -0.05) is 23.7 Å². The van der Waals surface area contributed by atoms with Crippen LogP contribution in [0.2, 0.25) is 5.02 Å². The Kier molecular flexibility index (Phi) is 4.08. The van der Waals surface area contributed by atoms with Gasteiger partial charge in [-0.2, -0.15) is 0 Å². The molecule has 0 fully saturated rings. The molecule has 2 nitrogen and oxygen atoms in total. The molecule has 0 bridgehead atoms. The Labute approximate surface area is 117 Å². The van der Waals surface area contributed by atoms with Gasteiger partial charge in [-0.3, -0.25) is 0 Å². The van der Waals surface area contributed by atoms with Crippen molar-refractivity contribution >= 4 is 11.6 Å². The molecule has 0 aliphatic carbocycles. The lowest BCUT2D eigenvalue weighted by molar-refractivity contribution is 0.416. The fourth-order valence-corrected chi connectivity index (χ4v) is 2.14. The summed E-state index contributed by atoms with van der Waals surface area (Å²) in [7, 11) is 1.57. The Morgan fingerprint density at radius 3 is 2.53 bits per heavy atom. The van der Waals surface area contributed by atoms with Crippen LogP contribution in [0.3, 0.4) is 0 Å². The predicted molar refractivity (Wildman–Crippen MR) is 76.0 cm³/mol. The lowest BCUT2D eigenvalue weighted by Gasteiger charge is -2.12. The van der Waals surface area contributed by atoms with E-state index in [1.807, 2.05) is 6.07 Å². The number of hydrogen-bond donors (Lipinski definition) is 1. The monoisotopic (exact) mass is 279 g/mol. The van der Waals surface area contributed by atoms with Gasteiger partial charge >= 0.3 is 0 Å². The van der Waals surface area contributed by atoms with E-state index in [2.05, 4.69) is 0 Å². The molecule has 0 aliphatic rings. The van der Waals surface area contributed by atoms with E-state index in [9.17, 15) is 4.39 Å². The van der Waals surface area contributed by atoms with Crippen LogP contribution in [0.4, 0.5) is 4.39 Å². The van der Waals surface area contributed by atoms with Crippen molar-refractivity contribution in [3.8, 4) is 16.9 Å². The van der Waals surface area contributed by atoms with Crippen molar-refractivity contribution in [2.24, 2.45) is 5.73 Å². The van der Waals surface area contributed by atoms with Crippen molar-refractivity contribution in [2.75, 3.05) is 7.11 Å². The van der Waals surface area contributed by atoms with Crippen LogP contribution >= 0.6 is 11.6 Å². The van der Waals surface area contributed by atoms with E-state index in [0.29, 0.717) is 21.9 Å². The quantitative estimate of drug-likeness (QED) is 0.915. The average molecular weight is 280 g/mol. The van der Waals surface area contributed by atoms with Crippen LogP contribution in [0, 0.1) is 5.82 Å². The van der Waals surface area contributed by atoms with Gasteiger partial charge < -0.3 is 10.5 Å². The van der Waals surface area contributed by atoms with Crippen molar-refractivity contribution in [1.29, 1.82) is 0 Å². The smallest absolute Gasteiger partial charge is 0.128 e. The van der Waals surface area contributed by atoms with E-state index in [0.717, 1.165) is 5.56 Å². The molecule has 2 aromatic rings. The van der Waals surface area contributed by atoms with Crippen LogP contribution in [-0.4, -0.2) is 7.11 Å². The number of rotatable bonds is 3. The number of ether oxygens (including phenoxy) is 1. The molecule has 1 unspecified atom stereocenters. The molecule has 19 heavy (non-hydrogen) atoms. The molecule has 0 spiro atoms. The van der Waals surface area contributed by atoms with Gasteiger partial charge in [0.25, 0.3) is 0 Å². The number of methoxy groups -OCH3 is 1. The van der Waals surface area contributed by atoms with E-state index in [4.69, 9.17) is 22.1 Å². The van der Waals surface area contributed by atoms with Gasteiger partial charge in [-0.05, 0) is 36.8 Å². The first-order valence-corrected chi connectivity index (χ1v) is 6.29. The molecule has 0 aromatic heterocycles. The minimum atomic E-state index is -0.338. The first kappa shape index (κ1) is 13.8. The van der Waals surface area contributed by atoms with Crippen LogP contribution < -0.4 is 10.5 Å². The minimum absolute atomic E-state index is 0.325. The second-order valence-electron chi connectivity index (χ2n) is 4.37. The highest BCUT2D eigenvalue weighted by molar-refractivity contribution is 6.31. The number of hydrogen-bond acceptors (Lipinski definition) is 2. The van der Waals surface area contributed by atoms with Crippen molar-refractivity contribution in [1.82, 2.24) is 0 Å². The minimum Gasteiger partial charge on any atom is -0.496 e. The highest BCUT2D eigenvalue weighted by atomic mass is 35.5. The van der Waals surface area contributed by atoms with E-state index in [-0.39, 0.29) is 11.9 Å². The van der Waals surface area contributed by atoms with Gasteiger partial charge in [0, 0.05) is 22.2 Å². The molecular formula is C15H15ClFNO. The second kappa shape index (κ2) is 5.59. The molecule has 0 amide bonds. The molecule has 0 aliphatic heterocycles. The third-order valence-corrected chi connectivity index (χ3v) is 3.20. The van der Waals surface area contributed by atoms with Crippen LogP contribution in [0.5, 0.6) is 5.75 Å². The summed E-state index contributed by atoms with van der Waals surface area (Å²) in [5.41, 5.74) is 7.65. The lowest BCUT2D eigenvalue weighted by Crippen LogP contribution is -2.07. The third kappa shape index (κ3) is 2.88. The Morgan fingerprint density at radius 2 is 1.95 bits per heavy atom. The second-order valence-corrected chi connectivity index (χ2v) is 4.81. The van der Waals surface area contributed by atoms with E-state index >= 15 is 0 Å². The average Bonchev–Trinajstić information content (AvgIpc) is 2.38. The molecule has 2 N–H and O–H groups in total. The summed E-state index contributed by atoms with van der Waals surface area (Å²) in [6, 6.07) is 9.86. The molecule has 2 aromatic carbocycles. The Bertz CT molecular complexity index is 599. The summed E-state index contributed by atoms with van der Waals surface area (Å²) in [6.07, 6.45) is 0. The van der Waals surface area contributed by atoms with Crippen LogP contribution in [0.25, 0.3) is 11.1 Å². The summed E-state index contributed by atoms with van der Waals surface area (Å²) < 4.78 is 19.2. The van der Waals surface area contributed by atoms with Crippen LogP contribution in [0.15, 0.2) is 36.4 Å². The summed E-state index contributed by atoms with van der Waals surface area (Å²) in [4.78, 5) is 0. The van der Waals surface area contributed by atoms with Gasteiger partial charge in [0.1, 0.15) is 11.6 Å². The molecule has 0 saturated heterocycles. The molecule has 0 heterocycles. The fourth-order valence-electron chi connectivity index (χ4n) is 1.97. The largest absolute Gasteiger partial charge is 0.496 e. The van der Waals surface area contributed by atoms with E-state index in [1.165, 1.54) is 6.07 Å². The molecule has 0 saturated carbocycles. The maximum atomic E-state index is 14.0. The molecular weight excluding hydrogens is 265 g/mol. The first-order valence-electron chi connectivity index (χ1n) is 5.92. The van der Waals surface area contributed by atoms with Gasteiger partial charge in [-0.25, -0.2) is 4.39 Å². The molecule has 100 valence electrons. The molecule has 2 rings (SSSR count). The number of nitrogens with two attached hydrogens (primary N) is 1. The standard InChI is InChI=1S/C15H15ClFNO/c1-9(18)12-5-3-10(7-14(12)17)13-8-11(16)4-6-15(13)19-2/h3-9H,18H2,1-2H3. The summed E-state index contributed by atoms with van der Waals surface area (Å²) in [6.45, 7) is 1.75. The number of halogens is 2. The van der Waals surface area contributed by atoms with Crippen LogP contribution in [-0.2, 0) is 0 Å². The van der Waals surface area contributed by atoms with Crippen molar-refractivity contribution in [2.45, 2.75) is 13.0 Å². The Hall–Kier alpha value is -1.58. The topological polar surface area (TPSA) is 35.2 Å². The van der Waals surface area contributed by atoms with E-state index < -0.39 is 0 Å². The van der Waals surface area contributed by atoms with Gasteiger partial charge in [0.15, 0.2) is 0 Å². The highest BCUT2D eigenvalue weighted by Crippen LogP contribution is 2.33. The first-order chi connectivity index (χ1) is 9.02. The van der Waals surface area contributed by atoms with Crippen molar-refractivity contribution < 1.29 is 9.13 Å². The highest BCUT2D eigenvalue weighted by Gasteiger charge is 2.11. The Morgan fingerprint density at radius 1 is 1.21 bits per heavy atom. The summed E-state index contributed by atoms with van der Waals surface area (Å²) >= 11 is 5.98. The predicted octanol–water partition coefficient (Wildman–Crippen LogP) is 4.17. The summed E-state index contributed by atoms with van der Waals surface area (Å²) in [5, 5.41) is 0.576. The lowest BCUT2D eigenvalue weighted by atomic mass is 10.0. The van der Waals surface area contributed by atoms with Gasteiger partial charge in [-0.15, -0.1) is 0 Å². The maximum Gasteiger partial charge on any atom is 0.128 e. The third-order valence-electron chi connectivity index (χ3n) is 2.96. The zero-order valence-corrected chi connectivity index (χ0v) is 11.5. The Balaban J connectivity index is 2.53. The number of benzene rings is 2. The van der Waals surface area contributed by atoms with E-state index in [1.54, 1.807) is 38.3 Å². The summed E-state index contributed by atoms with van der Waals surface area (Å²) in [5.74, 6) is 0.326. The fraction of sp³-hybridized carbons (Fsp3) is 0.200. The van der Waals surface area contributed by atoms with Gasteiger partial charge in [0.05, 0.1) is 7.11 Å². The van der Waals surface area contributed by atoms with Gasteiger partial charge in [0.2, 0.25) is 0 Å². The van der Waals surface area contributed by atoms with Crippen molar-refractivity contribution in [3.63, 3.8) is 0 Å². The maximum absolute atomic E-state index is 14.0. The zero-order chi connectivity index (χ0) is 14.0. The normalized spacial score (nSPS) is 12.3. The molecule has 4 heteroatoms. The molecule has 0 radical (unpaired) electrons. The SMILES string of the molecule is COc1ccc(Cl)cc1-c1ccc(C(C)N)c(F)c1. The molecule has 1 atom stereocenters.